The van der Waals surface area contributed by atoms with Crippen LogP contribution < -0.4 is 0 Å². The van der Waals surface area contributed by atoms with Crippen LogP contribution in [0.5, 0.6) is 0 Å². The molecule has 2 rings (SSSR count). The number of rotatable bonds is 5. The molecule has 0 amide bonds. The molecule has 0 spiro atoms. The summed E-state index contributed by atoms with van der Waals surface area (Å²) in [6, 6.07) is 6.40. The number of nitrogens with zero attached hydrogens (tertiary/aromatic N) is 1. The van der Waals surface area contributed by atoms with E-state index in [4.69, 9.17) is 0 Å². The van der Waals surface area contributed by atoms with Gasteiger partial charge < -0.3 is 4.90 Å². The highest BCUT2D eigenvalue weighted by atomic mass is 32.2. The van der Waals surface area contributed by atoms with E-state index in [1.807, 2.05) is 11.8 Å². The smallest absolute Gasteiger partial charge is 0.164 e. The third-order valence-corrected chi connectivity index (χ3v) is 4.53. The Balaban J connectivity index is 1.82. The number of benzene rings is 1. The fourth-order valence-corrected chi connectivity index (χ4v) is 3.41. The van der Waals surface area contributed by atoms with Crippen LogP contribution >= 0.6 is 11.8 Å². The first-order valence-electron chi connectivity index (χ1n) is 6.23. The first kappa shape index (κ1) is 13.6. The molecule has 1 aromatic carbocycles. The number of thioether (sulfide) groups is 1. The standard InChI is InChI=1S/C14H18FNOS/c1-16(13-7-9-18-10-13)8-6-14(17)11-2-4-12(15)5-3-11/h2-5,13H,6-10H2,1H3. The quantitative estimate of drug-likeness (QED) is 0.765. The number of Topliss-reactive ketones (excluding diaryl/α,β-unsaturated/α-hetero) is 1. The fraction of sp³-hybridized carbons (Fsp3) is 0.500. The van der Waals surface area contributed by atoms with Crippen molar-refractivity contribution in [1.29, 1.82) is 0 Å². The Morgan fingerprint density at radius 2 is 2.17 bits per heavy atom. The van der Waals surface area contributed by atoms with Gasteiger partial charge in [-0.1, -0.05) is 0 Å². The Morgan fingerprint density at radius 1 is 1.44 bits per heavy atom. The van der Waals surface area contributed by atoms with Crippen molar-refractivity contribution in [3.8, 4) is 0 Å². The minimum absolute atomic E-state index is 0.0903. The number of carbonyl (C=O) groups is 1. The van der Waals surface area contributed by atoms with Crippen molar-refractivity contribution in [1.82, 2.24) is 4.90 Å². The molecule has 1 unspecified atom stereocenters. The van der Waals surface area contributed by atoms with Crippen LogP contribution in [0.3, 0.4) is 0 Å². The highest BCUT2D eigenvalue weighted by molar-refractivity contribution is 7.99. The maximum Gasteiger partial charge on any atom is 0.164 e. The first-order valence-corrected chi connectivity index (χ1v) is 7.39. The van der Waals surface area contributed by atoms with E-state index in [2.05, 4.69) is 11.9 Å². The molecule has 1 atom stereocenters. The van der Waals surface area contributed by atoms with Gasteiger partial charge in [0.15, 0.2) is 5.78 Å². The average molecular weight is 267 g/mol. The van der Waals surface area contributed by atoms with Gasteiger partial charge in [-0.25, -0.2) is 4.39 Å². The van der Waals surface area contributed by atoms with E-state index in [1.54, 1.807) is 12.1 Å². The third kappa shape index (κ3) is 3.56. The van der Waals surface area contributed by atoms with Crippen molar-refractivity contribution < 1.29 is 9.18 Å². The summed E-state index contributed by atoms with van der Waals surface area (Å²) in [7, 11) is 2.08. The SMILES string of the molecule is CN(CCC(=O)c1ccc(F)cc1)C1CCSC1. The topological polar surface area (TPSA) is 20.3 Å². The van der Waals surface area contributed by atoms with Gasteiger partial charge in [0.25, 0.3) is 0 Å². The van der Waals surface area contributed by atoms with Crippen LogP contribution in [0.1, 0.15) is 23.2 Å². The summed E-state index contributed by atoms with van der Waals surface area (Å²) >= 11 is 1.97. The molecule has 0 bridgehead atoms. The summed E-state index contributed by atoms with van der Waals surface area (Å²) in [5.74, 6) is 2.18. The lowest BCUT2D eigenvalue weighted by Gasteiger charge is -2.22. The van der Waals surface area contributed by atoms with Crippen molar-refractivity contribution in [2.24, 2.45) is 0 Å². The van der Waals surface area contributed by atoms with Gasteiger partial charge in [0.2, 0.25) is 0 Å². The number of ketones is 1. The van der Waals surface area contributed by atoms with E-state index >= 15 is 0 Å². The number of carbonyl (C=O) groups excluding carboxylic acids is 1. The van der Waals surface area contributed by atoms with Crippen molar-refractivity contribution in [3.63, 3.8) is 0 Å². The van der Waals surface area contributed by atoms with Gasteiger partial charge in [-0.15, -0.1) is 0 Å². The van der Waals surface area contributed by atoms with E-state index in [9.17, 15) is 9.18 Å². The largest absolute Gasteiger partial charge is 0.302 e. The highest BCUT2D eigenvalue weighted by Crippen LogP contribution is 2.21. The Bertz CT molecular complexity index is 401. The van der Waals surface area contributed by atoms with Crippen LogP contribution in [0.15, 0.2) is 24.3 Å². The van der Waals surface area contributed by atoms with Gasteiger partial charge in [0, 0.05) is 30.3 Å². The second-order valence-electron chi connectivity index (χ2n) is 4.68. The van der Waals surface area contributed by atoms with Crippen LogP contribution in [0.4, 0.5) is 4.39 Å². The van der Waals surface area contributed by atoms with Crippen LogP contribution in [-0.4, -0.2) is 41.8 Å². The van der Waals surface area contributed by atoms with Gasteiger partial charge >= 0.3 is 0 Å². The first-order chi connectivity index (χ1) is 8.66. The van der Waals surface area contributed by atoms with Crippen molar-refractivity contribution in [3.05, 3.63) is 35.6 Å². The molecular weight excluding hydrogens is 249 g/mol. The molecule has 2 nitrogen and oxygen atoms in total. The van der Waals surface area contributed by atoms with Crippen molar-refractivity contribution in [2.75, 3.05) is 25.1 Å². The van der Waals surface area contributed by atoms with Gasteiger partial charge in [0.05, 0.1) is 0 Å². The molecule has 0 radical (unpaired) electrons. The van der Waals surface area contributed by atoms with Gasteiger partial charge in [0.1, 0.15) is 5.82 Å². The molecule has 0 N–H and O–H groups in total. The second kappa shape index (κ2) is 6.34. The molecule has 1 fully saturated rings. The maximum atomic E-state index is 12.7. The number of halogens is 1. The van der Waals surface area contributed by atoms with Crippen LogP contribution in [0.2, 0.25) is 0 Å². The molecule has 98 valence electrons. The zero-order chi connectivity index (χ0) is 13.0. The van der Waals surface area contributed by atoms with E-state index in [-0.39, 0.29) is 11.6 Å². The third-order valence-electron chi connectivity index (χ3n) is 3.39. The summed E-state index contributed by atoms with van der Waals surface area (Å²) < 4.78 is 12.7. The Hall–Kier alpha value is -0.870. The van der Waals surface area contributed by atoms with Crippen LogP contribution in [-0.2, 0) is 0 Å². The van der Waals surface area contributed by atoms with E-state index in [0.29, 0.717) is 18.0 Å². The summed E-state index contributed by atoms with van der Waals surface area (Å²) in [4.78, 5) is 14.2. The van der Waals surface area contributed by atoms with E-state index < -0.39 is 0 Å². The maximum absolute atomic E-state index is 12.7. The van der Waals surface area contributed by atoms with Crippen LogP contribution in [0, 0.1) is 5.82 Å². The molecule has 1 aromatic rings. The lowest BCUT2D eigenvalue weighted by Crippen LogP contribution is -2.33. The van der Waals surface area contributed by atoms with Gasteiger partial charge in [-0.05, 0) is 43.5 Å². The zero-order valence-electron chi connectivity index (χ0n) is 10.6. The van der Waals surface area contributed by atoms with Gasteiger partial charge in [-0.3, -0.25) is 4.79 Å². The summed E-state index contributed by atoms with van der Waals surface area (Å²) in [5, 5.41) is 0. The average Bonchev–Trinajstić information content (AvgIpc) is 2.90. The molecule has 0 aromatic heterocycles. The normalized spacial score (nSPS) is 19.4. The molecular formula is C14H18FNOS. The van der Waals surface area contributed by atoms with Crippen molar-refractivity contribution >= 4 is 17.5 Å². The monoisotopic (exact) mass is 267 g/mol. The van der Waals surface area contributed by atoms with Crippen molar-refractivity contribution in [2.45, 2.75) is 18.9 Å². The number of hydrogen-bond acceptors (Lipinski definition) is 3. The van der Waals surface area contributed by atoms with E-state index in [1.165, 1.54) is 30.1 Å². The fourth-order valence-electron chi connectivity index (χ4n) is 2.11. The lowest BCUT2D eigenvalue weighted by molar-refractivity contribution is 0.0963. The molecule has 0 saturated carbocycles. The predicted molar refractivity (Wildman–Crippen MR) is 73.7 cm³/mol. The molecule has 1 heterocycles. The zero-order valence-corrected chi connectivity index (χ0v) is 11.4. The Morgan fingerprint density at radius 3 is 2.78 bits per heavy atom. The highest BCUT2D eigenvalue weighted by Gasteiger charge is 2.20. The lowest BCUT2D eigenvalue weighted by atomic mass is 10.1. The number of hydrogen-bond donors (Lipinski definition) is 0. The molecule has 1 aliphatic rings. The molecule has 0 aliphatic carbocycles. The molecule has 1 saturated heterocycles. The summed E-state index contributed by atoms with van der Waals surface area (Å²) in [5.41, 5.74) is 0.602. The van der Waals surface area contributed by atoms with E-state index in [0.717, 1.165) is 6.54 Å². The minimum Gasteiger partial charge on any atom is -0.302 e. The minimum atomic E-state index is -0.299. The molecule has 4 heteroatoms. The summed E-state index contributed by atoms with van der Waals surface area (Å²) in [6.07, 6.45) is 1.72. The Kier molecular flexibility index (Phi) is 4.78. The predicted octanol–water partition coefficient (Wildman–Crippen LogP) is 2.84. The summed E-state index contributed by atoms with van der Waals surface area (Å²) in [6.45, 7) is 0.779. The molecule has 1 aliphatic heterocycles. The van der Waals surface area contributed by atoms with Crippen LogP contribution in [0.25, 0.3) is 0 Å². The Labute approximate surface area is 112 Å². The molecule has 18 heavy (non-hydrogen) atoms. The van der Waals surface area contributed by atoms with Gasteiger partial charge in [-0.2, -0.15) is 11.8 Å². The second-order valence-corrected chi connectivity index (χ2v) is 5.83.